The summed E-state index contributed by atoms with van der Waals surface area (Å²) in [7, 11) is 0. The molecule has 0 radical (unpaired) electrons. The number of nitrogens with zero attached hydrogens (tertiary/aromatic N) is 1. The van der Waals surface area contributed by atoms with E-state index in [9.17, 15) is 9.90 Å². The van der Waals surface area contributed by atoms with Gasteiger partial charge in [0.15, 0.2) is 0 Å². The van der Waals surface area contributed by atoms with E-state index in [-0.39, 0.29) is 12.0 Å². The van der Waals surface area contributed by atoms with Crippen LogP contribution in [0.4, 0.5) is 0 Å². The van der Waals surface area contributed by atoms with E-state index in [1.807, 2.05) is 30.0 Å². The monoisotopic (exact) mass is 262 g/mol. The van der Waals surface area contributed by atoms with Gasteiger partial charge in [0.25, 0.3) is 0 Å². The van der Waals surface area contributed by atoms with E-state index >= 15 is 0 Å². The predicted molar refractivity (Wildman–Crippen MR) is 74.7 cm³/mol. The van der Waals surface area contributed by atoms with Gasteiger partial charge < -0.3 is 10.4 Å². The summed E-state index contributed by atoms with van der Waals surface area (Å²) in [4.78, 5) is 13.9. The highest BCUT2D eigenvalue weighted by atomic mass is 16.3. The third-order valence-electron chi connectivity index (χ3n) is 3.42. The summed E-state index contributed by atoms with van der Waals surface area (Å²) in [5, 5.41) is 12.5. The molecule has 104 valence electrons. The third-order valence-corrected chi connectivity index (χ3v) is 3.42. The van der Waals surface area contributed by atoms with Gasteiger partial charge in [-0.15, -0.1) is 0 Å². The molecule has 1 atom stereocenters. The summed E-state index contributed by atoms with van der Waals surface area (Å²) in [5.74, 6) is 0.0237. The Kier molecular flexibility index (Phi) is 4.93. The van der Waals surface area contributed by atoms with E-state index in [0.717, 1.165) is 24.9 Å². The van der Waals surface area contributed by atoms with Crippen LogP contribution in [-0.4, -0.2) is 41.7 Å². The molecule has 1 aromatic carbocycles. The number of rotatable bonds is 4. The number of nitrogens with one attached hydrogen (secondary N) is 1. The van der Waals surface area contributed by atoms with Crippen molar-refractivity contribution in [2.45, 2.75) is 32.4 Å². The van der Waals surface area contributed by atoms with Gasteiger partial charge in [0.05, 0.1) is 12.6 Å². The molecule has 4 heteroatoms. The molecule has 1 unspecified atom stereocenters. The Morgan fingerprint density at radius 3 is 3.11 bits per heavy atom. The molecule has 0 saturated carbocycles. The number of hydrogen-bond donors (Lipinski definition) is 2. The number of benzene rings is 1. The summed E-state index contributed by atoms with van der Waals surface area (Å²) in [6, 6.07) is 8.13. The highest BCUT2D eigenvalue weighted by Gasteiger charge is 2.19. The molecule has 2 rings (SSSR count). The number of aryl methyl sites for hydroxylation is 1. The fourth-order valence-electron chi connectivity index (χ4n) is 2.46. The van der Waals surface area contributed by atoms with Gasteiger partial charge in [-0.05, 0) is 31.9 Å². The van der Waals surface area contributed by atoms with Crippen molar-refractivity contribution in [3.8, 4) is 0 Å². The first-order chi connectivity index (χ1) is 9.13. The minimum Gasteiger partial charge on any atom is -0.392 e. The van der Waals surface area contributed by atoms with Crippen LogP contribution >= 0.6 is 0 Å². The largest absolute Gasteiger partial charge is 0.392 e. The second-order valence-corrected chi connectivity index (χ2v) is 5.30. The molecule has 1 saturated heterocycles. The second-order valence-electron chi connectivity index (χ2n) is 5.30. The van der Waals surface area contributed by atoms with E-state index in [2.05, 4.69) is 11.4 Å². The molecule has 4 nitrogen and oxygen atoms in total. The van der Waals surface area contributed by atoms with Gasteiger partial charge in [0.2, 0.25) is 5.91 Å². The van der Waals surface area contributed by atoms with Crippen LogP contribution in [0, 0.1) is 6.92 Å². The molecule has 0 spiro atoms. The summed E-state index contributed by atoms with van der Waals surface area (Å²) in [6.45, 7) is 4.49. The van der Waals surface area contributed by atoms with Gasteiger partial charge in [0.1, 0.15) is 0 Å². The Morgan fingerprint density at radius 1 is 1.53 bits per heavy atom. The Balaban J connectivity index is 1.75. The molecule has 1 amide bonds. The van der Waals surface area contributed by atoms with Crippen LogP contribution < -0.4 is 5.32 Å². The summed E-state index contributed by atoms with van der Waals surface area (Å²) in [5.41, 5.74) is 2.32. The van der Waals surface area contributed by atoms with Gasteiger partial charge >= 0.3 is 0 Å². The zero-order valence-corrected chi connectivity index (χ0v) is 11.4. The molecule has 0 aliphatic carbocycles. The van der Waals surface area contributed by atoms with Gasteiger partial charge in [-0.25, -0.2) is 0 Å². The van der Waals surface area contributed by atoms with Crippen LogP contribution in [0.5, 0.6) is 0 Å². The van der Waals surface area contributed by atoms with Gasteiger partial charge in [-0.2, -0.15) is 0 Å². The van der Waals surface area contributed by atoms with Crippen LogP contribution in [0.25, 0.3) is 0 Å². The molecular weight excluding hydrogens is 240 g/mol. The number of aliphatic hydroxyl groups excluding tert-OH is 1. The average Bonchev–Trinajstić information content (AvgIpc) is 2.36. The Hall–Kier alpha value is -1.39. The van der Waals surface area contributed by atoms with Gasteiger partial charge in [0, 0.05) is 13.1 Å². The number of amides is 1. The maximum Gasteiger partial charge on any atom is 0.234 e. The summed E-state index contributed by atoms with van der Waals surface area (Å²) >= 11 is 0. The van der Waals surface area contributed by atoms with E-state index in [4.69, 9.17) is 0 Å². The topological polar surface area (TPSA) is 52.6 Å². The van der Waals surface area contributed by atoms with Crippen LogP contribution in [0.15, 0.2) is 24.3 Å². The quantitative estimate of drug-likeness (QED) is 0.853. The molecular formula is C15H22N2O2. The normalized spacial score (nSPS) is 20.2. The molecule has 1 aliphatic rings. The molecule has 1 fully saturated rings. The first-order valence-electron chi connectivity index (χ1n) is 6.86. The van der Waals surface area contributed by atoms with Gasteiger partial charge in [-0.3, -0.25) is 9.69 Å². The number of aliphatic hydroxyl groups is 1. The molecule has 19 heavy (non-hydrogen) atoms. The molecule has 0 aromatic heterocycles. The standard InChI is InChI=1S/C15H22N2O2/c1-12-4-2-5-13(8-12)9-16-15(19)11-17-7-3-6-14(18)10-17/h2,4-5,8,14,18H,3,6-7,9-11H2,1H3,(H,16,19). The van der Waals surface area contributed by atoms with Crippen molar-refractivity contribution < 1.29 is 9.90 Å². The number of piperidine rings is 1. The zero-order chi connectivity index (χ0) is 13.7. The SMILES string of the molecule is Cc1cccc(CNC(=O)CN2CCCC(O)C2)c1. The van der Waals surface area contributed by atoms with Crippen LogP contribution in [0.2, 0.25) is 0 Å². The fourth-order valence-corrected chi connectivity index (χ4v) is 2.46. The van der Waals surface area contributed by atoms with E-state index in [0.29, 0.717) is 19.6 Å². The lowest BCUT2D eigenvalue weighted by Crippen LogP contribution is -2.44. The van der Waals surface area contributed by atoms with Crippen molar-refractivity contribution in [1.29, 1.82) is 0 Å². The van der Waals surface area contributed by atoms with Crippen molar-refractivity contribution in [3.63, 3.8) is 0 Å². The smallest absolute Gasteiger partial charge is 0.234 e. The van der Waals surface area contributed by atoms with Crippen molar-refractivity contribution in [2.75, 3.05) is 19.6 Å². The predicted octanol–water partition coefficient (Wildman–Crippen LogP) is 1.07. The number of hydrogen-bond acceptors (Lipinski definition) is 3. The van der Waals surface area contributed by atoms with Crippen molar-refractivity contribution in [3.05, 3.63) is 35.4 Å². The molecule has 1 aliphatic heterocycles. The van der Waals surface area contributed by atoms with Crippen LogP contribution in [0.1, 0.15) is 24.0 Å². The number of likely N-dealkylation sites (tertiary alicyclic amines) is 1. The lowest BCUT2D eigenvalue weighted by molar-refractivity contribution is -0.123. The summed E-state index contributed by atoms with van der Waals surface area (Å²) < 4.78 is 0. The van der Waals surface area contributed by atoms with Crippen LogP contribution in [-0.2, 0) is 11.3 Å². The maximum absolute atomic E-state index is 11.8. The lowest BCUT2D eigenvalue weighted by atomic mass is 10.1. The Labute approximate surface area is 114 Å². The molecule has 1 aromatic rings. The number of β-amino-alcohol motifs (C(OH)–C–C–N with tert-alkyl or cyclic N) is 1. The van der Waals surface area contributed by atoms with Crippen LogP contribution in [0.3, 0.4) is 0 Å². The van der Waals surface area contributed by atoms with Crippen molar-refractivity contribution in [1.82, 2.24) is 10.2 Å². The average molecular weight is 262 g/mol. The first-order valence-corrected chi connectivity index (χ1v) is 6.86. The molecule has 2 N–H and O–H groups in total. The van der Waals surface area contributed by atoms with E-state index < -0.39 is 0 Å². The second kappa shape index (κ2) is 6.68. The minimum atomic E-state index is -0.279. The third kappa shape index (κ3) is 4.65. The van der Waals surface area contributed by atoms with E-state index in [1.165, 1.54) is 5.56 Å². The van der Waals surface area contributed by atoms with Crippen molar-refractivity contribution in [2.24, 2.45) is 0 Å². The Bertz CT molecular complexity index is 434. The maximum atomic E-state index is 11.8. The summed E-state index contributed by atoms with van der Waals surface area (Å²) in [6.07, 6.45) is 1.53. The number of carbonyl (C=O) groups excluding carboxylic acids is 1. The highest BCUT2D eigenvalue weighted by molar-refractivity contribution is 5.78. The van der Waals surface area contributed by atoms with E-state index in [1.54, 1.807) is 0 Å². The minimum absolute atomic E-state index is 0.0237. The van der Waals surface area contributed by atoms with Crippen molar-refractivity contribution >= 4 is 5.91 Å². The first kappa shape index (κ1) is 14.0. The lowest BCUT2D eigenvalue weighted by Gasteiger charge is -2.29. The molecule has 0 bridgehead atoms. The zero-order valence-electron chi connectivity index (χ0n) is 11.4. The number of carbonyl (C=O) groups is 1. The fraction of sp³-hybridized carbons (Fsp3) is 0.533. The highest BCUT2D eigenvalue weighted by Crippen LogP contribution is 2.09. The molecule has 1 heterocycles. The van der Waals surface area contributed by atoms with Gasteiger partial charge in [-0.1, -0.05) is 29.8 Å². The Morgan fingerprint density at radius 2 is 2.37 bits per heavy atom.